The molecule has 3 aliphatic rings. The molecule has 0 bridgehead atoms. The summed E-state index contributed by atoms with van der Waals surface area (Å²) < 4.78 is 18.0. The van der Waals surface area contributed by atoms with Gasteiger partial charge in [0, 0.05) is 33.3 Å². The Balaban J connectivity index is 1.51. The van der Waals surface area contributed by atoms with Gasteiger partial charge in [-0.25, -0.2) is 0 Å². The first-order chi connectivity index (χ1) is 14.5. The zero-order valence-corrected chi connectivity index (χ0v) is 17.7. The topological polar surface area (TPSA) is 84.4 Å². The first-order valence-corrected chi connectivity index (χ1v) is 10.4. The highest BCUT2D eigenvalue weighted by molar-refractivity contribution is 5.80. The molecule has 1 spiro atoms. The Kier molecular flexibility index (Phi) is 6.06. The highest BCUT2D eigenvalue weighted by Crippen LogP contribution is 2.43. The van der Waals surface area contributed by atoms with Crippen LogP contribution in [0.25, 0.3) is 0 Å². The predicted octanol–water partition coefficient (Wildman–Crippen LogP) is 0.454. The van der Waals surface area contributed by atoms with E-state index in [4.69, 9.17) is 14.2 Å². The molecule has 0 aliphatic carbocycles. The lowest BCUT2D eigenvalue weighted by Crippen LogP contribution is -2.64. The zero-order chi connectivity index (χ0) is 21.2. The fourth-order valence-electron chi connectivity index (χ4n) is 4.75. The lowest BCUT2D eigenvalue weighted by atomic mass is 9.91. The summed E-state index contributed by atoms with van der Waals surface area (Å²) in [4.78, 5) is 34.7. The van der Waals surface area contributed by atoms with Gasteiger partial charge >= 0.3 is 0 Å². The van der Waals surface area contributed by atoms with Gasteiger partial charge in [0.15, 0.2) is 5.72 Å². The van der Waals surface area contributed by atoms with Crippen LogP contribution in [0.2, 0.25) is 0 Å². The SMILES string of the molecule is COCN1CC(=O)N2CC3(CCN(C(C)=O)CC3)OC2(COCc2ccccn2)C1. The molecule has 2 amide bonds. The van der Waals surface area contributed by atoms with E-state index in [9.17, 15) is 9.59 Å². The first kappa shape index (κ1) is 21.2. The molecule has 4 rings (SSSR count). The maximum absolute atomic E-state index is 13.0. The van der Waals surface area contributed by atoms with Crippen LogP contribution in [0.3, 0.4) is 0 Å². The Labute approximate surface area is 176 Å². The van der Waals surface area contributed by atoms with E-state index in [2.05, 4.69) is 4.98 Å². The molecular formula is C21H30N4O5. The molecule has 3 saturated heterocycles. The van der Waals surface area contributed by atoms with Gasteiger partial charge in [-0.15, -0.1) is 0 Å². The number of amides is 2. The van der Waals surface area contributed by atoms with Gasteiger partial charge in [-0.2, -0.15) is 0 Å². The third kappa shape index (κ3) is 4.20. The molecule has 0 radical (unpaired) electrons. The Morgan fingerprint density at radius 2 is 2.07 bits per heavy atom. The van der Waals surface area contributed by atoms with Crippen molar-refractivity contribution in [2.75, 3.05) is 53.2 Å². The van der Waals surface area contributed by atoms with Crippen molar-refractivity contribution in [3.05, 3.63) is 30.1 Å². The monoisotopic (exact) mass is 418 g/mol. The molecule has 3 fully saturated rings. The van der Waals surface area contributed by atoms with Gasteiger partial charge in [-0.1, -0.05) is 6.07 Å². The van der Waals surface area contributed by atoms with E-state index >= 15 is 0 Å². The molecule has 164 valence electrons. The molecule has 4 heterocycles. The summed E-state index contributed by atoms with van der Waals surface area (Å²) in [5, 5.41) is 0. The third-order valence-corrected chi connectivity index (χ3v) is 6.21. The molecule has 9 heteroatoms. The van der Waals surface area contributed by atoms with Crippen molar-refractivity contribution in [1.29, 1.82) is 0 Å². The number of piperazine rings is 1. The van der Waals surface area contributed by atoms with Crippen LogP contribution in [0, 0.1) is 0 Å². The Morgan fingerprint density at radius 3 is 2.73 bits per heavy atom. The molecule has 1 aromatic heterocycles. The van der Waals surface area contributed by atoms with Gasteiger partial charge in [0.05, 0.1) is 50.9 Å². The highest BCUT2D eigenvalue weighted by Gasteiger charge is 2.59. The Hall–Kier alpha value is -2.07. The molecule has 3 aliphatic heterocycles. The molecule has 0 N–H and O–H groups in total. The molecule has 9 nitrogen and oxygen atoms in total. The van der Waals surface area contributed by atoms with Gasteiger partial charge in [0.25, 0.3) is 0 Å². The molecule has 0 saturated carbocycles. The van der Waals surface area contributed by atoms with Crippen molar-refractivity contribution in [1.82, 2.24) is 19.7 Å². The second-order valence-electron chi connectivity index (χ2n) is 8.44. The van der Waals surface area contributed by atoms with Crippen LogP contribution < -0.4 is 0 Å². The van der Waals surface area contributed by atoms with Crippen molar-refractivity contribution < 1.29 is 23.8 Å². The number of aromatic nitrogens is 1. The molecule has 1 atom stereocenters. The van der Waals surface area contributed by atoms with Crippen LogP contribution in [-0.4, -0.2) is 96.0 Å². The lowest BCUT2D eigenvalue weighted by Gasteiger charge is -2.45. The van der Waals surface area contributed by atoms with Crippen molar-refractivity contribution in [3.63, 3.8) is 0 Å². The normalized spacial score (nSPS) is 26.3. The highest BCUT2D eigenvalue weighted by atomic mass is 16.6. The molecule has 0 aromatic carbocycles. The number of rotatable bonds is 6. The molecule has 30 heavy (non-hydrogen) atoms. The summed E-state index contributed by atoms with van der Waals surface area (Å²) in [6.07, 6.45) is 3.16. The molecule has 1 unspecified atom stereocenters. The van der Waals surface area contributed by atoms with E-state index in [1.807, 2.05) is 32.9 Å². The molecular weight excluding hydrogens is 388 g/mol. The van der Waals surface area contributed by atoms with Crippen LogP contribution in [0.4, 0.5) is 0 Å². The van der Waals surface area contributed by atoms with Gasteiger partial charge in [-0.3, -0.25) is 19.5 Å². The quantitative estimate of drug-likeness (QED) is 0.663. The fourth-order valence-corrected chi connectivity index (χ4v) is 4.75. The average molecular weight is 418 g/mol. The Bertz CT molecular complexity index is 768. The standard InChI is InChI=1S/C21H30N4O5/c1-17(26)24-9-6-20(7-10-24)13-25-19(27)11-23(16-28-2)14-21(25,30-20)15-29-12-18-5-3-4-8-22-18/h3-5,8H,6-7,9-16H2,1-2H3. The fraction of sp³-hybridized carbons (Fsp3) is 0.667. The van der Waals surface area contributed by atoms with E-state index < -0.39 is 11.3 Å². The maximum atomic E-state index is 13.0. The van der Waals surface area contributed by atoms with Gasteiger partial charge in [0.2, 0.25) is 11.8 Å². The van der Waals surface area contributed by atoms with Gasteiger partial charge < -0.3 is 24.0 Å². The van der Waals surface area contributed by atoms with Crippen LogP contribution in [0.5, 0.6) is 0 Å². The minimum Gasteiger partial charge on any atom is -0.370 e. The van der Waals surface area contributed by atoms with E-state index in [-0.39, 0.29) is 18.4 Å². The van der Waals surface area contributed by atoms with Crippen molar-refractivity contribution in [3.8, 4) is 0 Å². The summed E-state index contributed by atoms with van der Waals surface area (Å²) in [5.41, 5.74) is -0.473. The summed E-state index contributed by atoms with van der Waals surface area (Å²) in [6.45, 7) is 5.20. The smallest absolute Gasteiger partial charge is 0.239 e. The number of fused-ring (bicyclic) bond motifs is 1. The lowest BCUT2D eigenvalue weighted by molar-refractivity contribution is -0.213. The van der Waals surface area contributed by atoms with E-state index in [1.54, 1.807) is 20.2 Å². The van der Waals surface area contributed by atoms with Gasteiger partial charge in [-0.05, 0) is 25.0 Å². The maximum Gasteiger partial charge on any atom is 0.239 e. The largest absolute Gasteiger partial charge is 0.370 e. The van der Waals surface area contributed by atoms with Crippen LogP contribution in [-0.2, 0) is 30.4 Å². The number of hydrogen-bond acceptors (Lipinski definition) is 7. The van der Waals surface area contributed by atoms with Crippen molar-refractivity contribution in [2.45, 2.75) is 37.7 Å². The minimum atomic E-state index is -0.860. The predicted molar refractivity (Wildman–Crippen MR) is 107 cm³/mol. The summed E-state index contributed by atoms with van der Waals surface area (Å²) in [5.74, 6) is 0.0990. The number of carbonyl (C=O) groups is 2. The first-order valence-electron chi connectivity index (χ1n) is 10.4. The number of carbonyl (C=O) groups excluding carboxylic acids is 2. The second-order valence-corrected chi connectivity index (χ2v) is 8.44. The van der Waals surface area contributed by atoms with E-state index in [1.165, 1.54) is 0 Å². The van der Waals surface area contributed by atoms with E-state index in [0.717, 1.165) is 5.69 Å². The van der Waals surface area contributed by atoms with Crippen LogP contribution in [0.1, 0.15) is 25.5 Å². The van der Waals surface area contributed by atoms with Crippen LogP contribution in [0.15, 0.2) is 24.4 Å². The minimum absolute atomic E-state index is 0.0191. The number of likely N-dealkylation sites (tertiary alicyclic amines) is 1. The second kappa shape index (κ2) is 8.58. The van der Waals surface area contributed by atoms with Crippen molar-refractivity contribution in [2.24, 2.45) is 0 Å². The summed E-state index contributed by atoms with van der Waals surface area (Å²) in [6, 6.07) is 5.70. The summed E-state index contributed by atoms with van der Waals surface area (Å²) >= 11 is 0. The molecule has 1 aromatic rings. The van der Waals surface area contributed by atoms with Crippen LogP contribution >= 0.6 is 0 Å². The average Bonchev–Trinajstić information content (AvgIpc) is 3.04. The number of pyridine rings is 1. The number of hydrogen-bond donors (Lipinski definition) is 0. The van der Waals surface area contributed by atoms with E-state index in [0.29, 0.717) is 58.9 Å². The van der Waals surface area contributed by atoms with Crippen molar-refractivity contribution >= 4 is 11.8 Å². The number of piperidine rings is 1. The van der Waals surface area contributed by atoms with Gasteiger partial charge in [0.1, 0.15) is 0 Å². The Morgan fingerprint density at radius 1 is 1.27 bits per heavy atom. The number of nitrogens with zero attached hydrogens (tertiary/aromatic N) is 4. The number of methoxy groups -OCH3 is 1. The zero-order valence-electron chi connectivity index (χ0n) is 17.7. The third-order valence-electron chi connectivity index (χ3n) is 6.21. The number of ether oxygens (including phenoxy) is 3. The summed E-state index contributed by atoms with van der Waals surface area (Å²) in [7, 11) is 1.62.